The molecule has 2 heterocycles. The number of nitrogens with zero attached hydrogens (tertiary/aromatic N) is 2. The number of anilines is 2. The van der Waals surface area contributed by atoms with Crippen LogP contribution in [0.1, 0.15) is 36.8 Å². The van der Waals surface area contributed by atoms with Crippen molar-refractivity contribution in [1.29, 1.82) is 5.26 Å². The first kappa shape index (κ1) is 18.2. The molecule has 2 amide bonds. The van der Waals surface area contributed by atoms with Gasteiger partial charge in [0.05, 0.1) is 11.7 Å². The number of allylic oxidation sites excluding steroid dienone is 1. The van der Waals surface area contributed by atoms with E-state index in [1.807, 2.05) is 12.2 Å². The van der Waals surface area contributed by atoms with Gasteiger partial charge in [-0.1, -0.05) is 12.2 Å². The SMILES string of the molecule is N#Cc1[nH]c2nc1-c1ccc(NC(=O)O)cc1NC(=O)CCC=CC[C@@H]2N. The quantitative estimate of drug-likeness (QED) is 0.488. The third-order valence-corrected chi connectivity index (χ3v) is 4.08. The summed E-state index contributed by atoms with van der Waals surface area (Å²) in [6.45, 7) is 0. The first-order chi connectivity index (χ1) is 13.0. The summed E-state index contributed by atoms with van der Waals surface area (Å²) in [5, 5.41) is 23.4. The number of carbonyl (C=O) groups is 2. The van der Waals surface area contributed by atoms with Crippen LogP contribution < -0.4 is 16.4 Å². The van der Waals surface area contributed by atoms with Gasteiger partial charge in [0.25, 0.3) is 0 Å². The Morgan fingerprint density at radius 1 is 1.41 bits per heavy atom. The predicted octanol–water partition coefficient (Wildman–Crippen LogP) is 2.72. The molecule has 138 valence electrons. The van der Waals surface area contributed by atoms with Crippen LogP contribution in [-0.2, 0) is 4.79 Å². The molecule has 0 spiro atoms. The molecule has 9 heteroatoms. The number of amides is 2. The minimum atomic E-state index is -1.22. The number of rotatable bonds is 1. The maximum Gasteiger partial charge on any atom is 0.409 e. The molecule has 9 nitrogen and oxygen atoms in total. The zero-order valence-corrected chi connectivity index (χ0v) is 14.3. The van der Waals surface area contributed by atoms with Crippen molar-refractivity contribution in [3.63, 3.8) is 0 Å². The summed E-state index contributed by atoms with van der Waals surface area (Å²) < 4.78 is 0. The van der Waals surface area contributed by atoms with Gasteiger partial charge in [-0.05, 0) is 31.0 Å². The highest BCUT2D eigenvalue weighted by Gasteiger charge is 2.20. The van der Waals surface area contributed by atoms with Crippen molar-refractivity contribution >= 4 is 23.4 Å². The van der Waals surface area contributed by atoms with E-state index in [4.69, 9.17) is 10.8 Å². The summed E-state index contributed by atoms with van der Waals surface area (Å²) in [6, 6.07) is 6.27. The van der Waals surface area contributed by atoms with Gasteiger partial charge in [0.15, 0.2) is 0 Å². The molecule has 1 atom stereocenters. The van der Waals surface area contributed by atoms with Crippen molar-refractivity contribution in [3.8, 4) is 17.3 Å². The van der Waals surface area contributed by atoms with Crippen molar-refractivity contribution < 1.29 is 14.7 Å². The van der Waals surface area contributed by atoms with E-state index < -0.39 is 12.1 Å². The van der Waals surface area contributed by atoms with Crippen molar-refractivity contribution in [1.82, 2.24) is 9.97 Å². The van der Waals surface area contributed by atoms with E-state index in [1.165, 1.54) is 12.1 Å². The van der Waals surface area contributed by atoms with Crippen molar-refractivity contribution in [3.05, 3.63) is 41.9 Å². The fourth-order valence-electron chi connectivity index (χ4n) is 2.80. The molecule has 3 rings (SSSR count). The van der Waals surface area contributed by atoms with Gasteiger partial charge in [-0.2, -0.15) is 5.26 Å². The number of aromatic amines is 1. The highest BCUT2D eigenvalue weighted by molar-refractivity contribution is 5.97. The first-order valence-electron chi connectivity index (χ1n) is 8.32. The van der Waals surface area contributed by atoms with E-state index in [-0.39, 0.29) is 23.7 Å². The molecule has 6 N–H and O–H groups in total. The second-order valence-corrected chi connectivity index (χ2v) is 6.05. The predicted molar refractivity (Wildman–Crippen MR) is 98.9 cm³/mol. The second kappa shape index (κ2) is 7.72. The van der Waals surface area contributed by atoms with Crippen LogP contribution in [0.25, 0.3) is 11.3 Å². The second-order valence-electron chi connectivity index (χ2n) is 6.05. The lowest BCUT2D eigenvalue weighted by atomic mass is 10.1. The van der Waals surface area contributed by atoms with Crippen LogP contribution in [0.4, 0.5) is 16.2 Å². The fraction of sp³-hybridized carbons (Fsp3) is 0.222. The van der Waals surface area contributed by atoms with Crippen molar-refractivity contribution in [2.75, 3.05) is 10.6 Å². The molecule has 1 aliphatic heterocycles. The molecule has 0 saturated heterocycles. The van der Waals surface area contributed by atoms with E-state index in [0.29, 0.717) is 35.6 Å². The number of H-pyrrole nitrogens is 1. The van der Waals surface area contributed by atoms with E-state index in [1.54, 1.807) is 6.07 Å². The zero-order valence-electron chi connectivity index (χ0n) is 14.3. The molecule has 1 aliphatic rings. The summed E-state index contributed by atoms with van der Waals surface area (Å²) in [5.41, 5.74) is 7.85. The Balaban J connectivity index is 2.14. The molecule has 2 bridgehead atoms. The Labute approximate surface area is 154 Å². The first-order valence-corrected chi connectivity index (χ1v) is 8.32. The van der Waals surface area contributed by atoms with Gasteiger partial charge < -0.3 is 21.1 Å². The maximum absolute atomic E-state index is 12.3. The number of carboxylic acid groups (broad SMARTS) is 1. The Morgan fingerprint density at radius 3 is 2.96 bits per heavy atom. The molecule has 0 aliphatic carbocycles. The number of hydrogen-bond acceptors (Lipinski definition) is 5. The summed E-state index contributed by atoms with van der Waals surface area (Å²) in [4.78, 5) is 30.6. The lowest BCUT2D eigenvalue weighted by molar-refractivity contribution is -0.116. The van der Waals surface area contributed by atoms with Crippen molar-refractivity contribution in [2.45, 2.75) is 25.3 Å². The van der Waals surface area contributed by atoms with Gasteiger partial charge in [-0.25, -0.2) is 9.78 Å². The van der Waals surface area contributed by atoms with Gasteiger partial charge in [0.2, 0.25) is 5.91 Å². The summed E-state index contributed by atoms with van der Waals surface area (Å²) in [6.07, 6.45) is 3.86. The normalized spacial score (nSPS) is 16.7. The number of nitrogens with two attached hydrogens (primary N) is 1. The van der Waals surface area contributed by atoms with Gasteiger partial charge in [0, 0.05) is 17.7 Å². The molecule has 0 fully saturated rings. The number of nitriles is 1. The van der Waals surface area contributed by atoms with Crippen LogP contribution in [0.5, 0.6) is 0 Å². The maximum atomic E-state index is 12.3. The zero-order chi connectivity index (χ0) is 19.4. The molecular weight excluding hydrogens is 348 g/mol. The highest BCUT2D eigenvalue weighted by atomic mass is 16.4. The van der Waals surface area contributed by atoms with E-state index in [9.17, 15) is 14.9 Å². The average Bonchev–Trinajstić information content (AvgIpc) is 3.05. The summed E-state index contributed by atoms with van der Waals surface area (Å²) in [5.74, 6) is 0.238. The van der Waals surface area contributed by atoms with Crippen molar-refractivity contribution in [2.24, 2.45) is 5.73 Å². The van der Waals surface area contributed by atoms with Gasteiger partial charge >= 0.3 is 6.09 Å². The van der Waals surface area contributed by atoms with Gasteiger partial charge in [-0.15, -0.1) is 0 Å². The number of nitrogens with one attached hydrogen (secondary N) is 3. The van der Waals surface area contributed by atoms with Crippen LogP contribution in [0.2, 0.25) is 0 Å². The van der Waals surface area contributed by atoms with Crippen LogP contribution in [0, 0.1) is 11.3 Å². The highest BCUT2D eigenvalue weighted by Crippen LogP contribution is 2.33. The minimum absolute atomic E-state index is 0.218. The molecule has 27 heavy (non-hydrogen) atoms. The van der Waals surface area contributed by atoms with E-state index in [2.05, 4.69) is 26.7 Å². The molecular formula is C18H18N6O3. The van der Waals surface area contributed by atoms with Gasteiger partial charge in [-0.3, -0.25) is 10.1 Å². The standard InChI is InChI=1S/C18H18N6O3/c19-9-14-16-11-7-6-10(21-18(26)27)8-13(11)22-15(25)5-3-1-2-4-12(20)17(23-14)24-16/h1-2,6-8,12,21H,3-5,20H2,(H,22,25)(H,23,24)(H,26,27)/t12-/m0/s1. The van der Waals surface area contributed by atoms with Gasteiger partial charge in [0.1, 0.15) is 23.3 Å². The topological polar surface area (TPSA) is 157 Å². The summed E-state index contributed by atoms with van der Waals surface area (Å²) in [7, 11) is 0. The fourth-order valence-corrected chi connectivity index (χ4v) is 2.80. The third kappa shape index (κ3) is 4.13. The molecule has 2 aromatic rings. The number of aromatic nitrogens is 2. The largest absolute Gasteiger partial charge is 0.465 e. The lowest BCUT2D eigenvalue weighted by Crippen LogP contribution is -2.13. The molecule has 0 saturated carbocycles. The number of imidazole rings is 1. The Kier molecular flexibility index (Phi) is 5.19. The number of benzene rings is 1. The summed E-state index contributed by atoms with van der Waals surface area (Å²) >= 11 is 0. The Bertz CT molecular complexity index is 956. The van der Waals surface area contributed by atoms with Crippen LogP contribution in [0.15, 0.2) is 30.4 Å². The number of hydrogen-bond donors (Lipinski definition) is 5. The number of fused-ring (bicyclic) bond motifs is 4. The van der Waals surface area contributed by atoms with E-state index in [0.717, 1.165) is 0 Å². The molecule has 1 aromatic heterocycles. The van der Waals surface area contributed by atoms with E-state index >= 15 is 0 Å². The minimum Gasteiger partial charge on any atom is -0.465 e. The third-order valence-electron chi connectivity index (χ3n) is 4.08. The van der Waals surface area contributed by atoms with Crippen LogP contribution in [0.3, 0.4) is 0 Å². The molecule has 0 radical (unpaired) electrons. The lowest BCUT2D eigenvalue weighted by Gasteiger charge is -2.12. The Morgan fingerprint density at radius 2 is 2.22 bits per heavy atom. The van der Waals surface area contributed by atoms with Crippen LogP contribution in [-0.4, -0.2) is 27.1 Å². The molecule has 1 aromatic carbocycles. The number of carbonyl (C=O) groups excluding carboxylic acids is 1. The smallest absolute Gasteiger partial charge is 0.409 e. The monoisotopic (exact) mass is 366 g/mol. The molecule has 0 unspecified atom stereocenters. The average molecular weight is 366 g/mol. The van der Waals surface area contributed by atoms with Crippen LogP contribution >= 0.6 is 0 Å². The Hall–Kier alpha value is -3.64.